The van der Waals surface area contributed by atoms with Crippen molar-refractivity contribution in [1.29, 1.82) is 0 Å². The summed E-state index contributed by atoms with van der Waals surface area (Å²) in [5, 5.41) is 3.32. The monoisotopic (exact) mass is 260 g/mol. The molecule has 0 aliphatic carbocycles. The average Bonchev–Trinajstić information content (AvgIpc) is 2.89. The first-order chi connectivity index (χ1) is 9.33. The van der Waals surface area contributed by atoms with Crippen LogP contribution in [0.2, 0.25) is 0 Å². The third-order valence-electron chi connectivity index (χ3n) is 3.38. The van der Waals surface area contributed by atoms with Gasteiger partial charge in [0.1, 0.15) is 11.6 Å². The molecule has 2 aromatic rings. The summed E-state index contributed by atoms with van der Waals surface area (Å²) in [6.07, 6.45) is 1.70. The van der Waals surface area contributed by atoms with Gasteiger partial charge in [-0.1, -0.05) is 12.1 Å². The molecule has 3 rings (SSSR count). The maximum atomic E-state index is 13.7. The van der Waals surface area contributed by atoms with Crippen LogP contribution in [0, 0.1) is 5.82 Å². The molecule has 1 saturated heterocycles. The third-order valence-corrected chi connectivity index (χ3v) is 3.38. The summed E-state index contributed by atoms with van der Waals surface area (Å²) in [6, 6.07) is 6.75. The highest BCUT2D eigenvalue weighted by molar-refractivity contribution is 5.59. The number of aromatic amines is 1. The minimum absolute atomic E-state index is 0.222. The van der Waals surface area contributed by atoms with Crippen molar-refractivity contribution in [2.45, 2.75) is 6.54 Å². The van der Waals surface area contributed by atoms with Crippen molar-refractivity contribution < 1.29 is 4.39 Å². The molecule has 1 aliphatic rings. The van der Waals surface area contributed by atoms with Crippen molar-refractivity contribution in [3.05, 3.63) is 42.1 Å². The largest absolute Gasteiger partial charge is 0.341 e. The Balaban J connectivity index is 1.74. The van der Waals surface area contributed by atoms with Gasteiger partial charge in [0.2, 0.25) is 0 Å². The predicted molar refractivity (Wildman–Crippen MR) is 72.1 cm³/mol. The summed E-state index contributed by atoms with van der Waals surface area (Å²) < 4.78 is 13.7. The fraction of sp³-hybridized carbons (Fsp3) is 0.357. The van der Waals surface area contributed by atoms with Crippen LogP contribution in [-0.4, -0.2) is 41.0 Å². The van der Waals surface area contributed by atoms with Gasteiger partial charge in [-0.3, -0.25) is 4.90 Å². The van der Waals surface area contributed by atoms with E-state index in [2.05, 4.69) is 20.2 Å². The standard InChI is InChI=1S/C14H17FN4/c15-12-4-2-1-3-11(12)13-9-17-14(18-13)10-19-7-5-16-6-8-19/h1-4,9,16H,5-8,10H2,(H,17,18). The SMILES string of the molecule is Fc1ccccc1-c1cnc(CN2CCNCC2)[nH]1. The van der Waals surface area contributed by atoms with Gasteiger partial charge in [-0.25, -0.2) is 9.37 Å². The Morgan fingerprint density at radius 1 is 1.21 bits per heavy atom. The number of H-pyrrole nitrogens is 1. The van der Waals surface area contributed by atoms with E-state index in [0.29, 0.717) is 5.56 Å². The van der Waals surface area contributed by atoms with E-state index in [1.807, 2.05) is 6.07 Å². The summed E-state index contributed by atoms with van der Waals surface area (Å²) in [4.78, 5) is 9.88. The second-order valence-corrected chi connectivity index (χ2v) is 4.75. The van der Waals surface area contributed by atoms with Crippen molar-refractivity contribution in [3.63, 3.8) is 0 Å². The Morgan fingerprint density at radius 2 is 2.00 bits per heavy atom. The minimum Gasteiger partial charge on any atom is -0.341 e. The van der Waals surface area contributed by atoms with Crippen LogP contribution >= 0.6 is 0 Å². The zero-order valence-electron chi connectivity index (χ0n) is 10.7. The van der Waals surface area contributed by atoms with Crippen LogP contribution in [0.1, 0.15) is 5.82 Å². The third kappa shape index (κ3) is 2.83. The summed E-state index contributed by atoms with van der Waals surface area (Å²) in [5.74, 6) is 0.667. The van der Waals surface area contributed by atoms with Gasteiger partial charge in [0, 0.05) is 31.7 Å². The maximum Gasteiger partial charge on any atom is 0.132 e. The van der Waals surface area contributed by atoms with Crippen molar-refractivity contribution in [2.24, 2.45) is 0 Å². The molecule has 1 fully saturated rings. The molecule has 1 aromatic heterocycles. The number of halogens is 1. The molecular weight excluding hydrogens is 243 g/mol. The van der Waals surface area contributed by atoms with E-state index in [0.717, 1.165) is 44.2 Å². The normalized spacial score (nSPS) is 16.7. The molecule has 2 heterocycles. The smallest absolute Gasteiger partial charge is 0.132 e. The molecule has 1 aliphatic heterocycles. The number of piperazine rings is 1. The van der Waals surface area contributed by atoms with Crippen LogP contribution in [0.5, 0.6) is 0 Å². The topological polar surface area (TPSA) is 44.0 Å². The predicted octanol–water partition coefficient (Wildman–Crippen LogP) is 1.62. The number of rotatable bonds is 3. The fourth-order valence-corrected chi connectivity index (χ4v) is 2.34. The molecule has 19 heavy (non-hydrogen) atoms. The molecular formula is C14H17FN4. The van der Waals surface area contributed by atoms with Gasteiger partial charge in [0.25, 0.3) is 0 Å². The van der Waals surface area contributed by atoms with Crippen LogP contribution in [0.15, 0.2) is 30.5 Å². The molecule has 0 spiro atoms. The number of nitrogens with zero attached hydrogens (tertiary/aromatic N) is 2. The molecule has 0 amide bonds. The lowest BCUT2D eigenvalue weighted by Crippen LogP contribution is -2.43. The van der Waals surface area contributed by atoms with Crippen molar-refractivity contribution in [2.75, 3.05) is 26.2 Å². The lowest BCUT2D eigenvalue weighted by molar-refractivity contribution is 0.228. The first kappa shape index (κ1) is 12.3. The number of hydrogen-bond acceptors (Lipinski definition) is 3. The Morgan fingerprint density at radius 3 is 2.79 bits per heavy atom. The highest BCUT2D eigenvalue weighted by atomic mass is 19.1. The number of aromatic nitrogens is 2. The molecule has 2 N–H and O–H groups in total. The minimum atomic E-state index is -0.222. The van der Waals surface area contributed by atoms with Gasteiger partial charge in [-0.15, -0.1) is 0 Å². The highest BCUT2D eigenvalue weighted by Gasteiger charge is 2.13. The summed E-state index contributed by atoms with van der Waals surface area (Å²) in [6.45, 7) is 4.86. The maximum absolute atomic E-state index is 13.7. The highest BCUT2D eigenvalue weighted by Crippen LogP contribution is 2.20. The molecule has 1 aromatic carbocycles. The van der Waals surface area contributed by atoms with Gasteiger partial charge in [0.15, 0.2) is 0 Å². The van der Waals surface area contributed by atoms with E-state index in [1.54, 1.807) is 18.3 Å². The second kappa shape index (κ2) is 5.50. The van der Waals surface area contributed by atoms with Crippen molar-refractivity contribution >= 4 is 0 Å². The molecule has 0 saturated carbocycles. The van der Waals surface area contributed by atoms with Crippen LogP contribution in [0.3, 0.4) is 0 Å². The fourth-order valence-electron chi connectivity index (χ4n) is 2.34. The number of benzene rings is 1. The van der Waals surface area contributed by atoms with E-state index in [9.17, 15) is 4.39 Å². The quantitative estimate of drug-likeness (QED) is 0.881. The van der Waals surface area contributed by atoms with Crippen LogP contribution < -0.4 is 5.32 Å². The lowest BCUT2D eigenvalue weighted by Gasteiger charge is -2.26. The van der Waals surface area contributed by atoms with E-state index < -0.39 is 0 Å². The molecule has 4 nitrogen and oxygen atoms in total. The summed E-state index contributed by atoms with van der Waals surface area (Å²) >= 11 is 0. The van der Waals surface area contributed by atoms with Crippen molar-refractivity contribution in [1.82, 2.24) is 20.2 Å². The van der Waals surface area contributed by atoms with Gasteiger partial charge in [0.05, 0.1) is 18.4 Å². The number of nitrogens with one attached hydrogen (secondary N) is 2. The zero-order valence-corrected chi connectivity index (χ0v) is 10.7. The molecule has 5 heteroatoms. The molecule has 100 valence electrons. The van der Waals surface area contributed by atoms with E-state index in [4.69, 9.17) is 0 Å². The average molecular weight is 260 g/mol. The summed E-state index contributed by atoms with van der Waals surface area (Å²) in [7, 11) is 0. The van der Waals surface area contributed by atoms with E-state index >= 15 is 0 Å². The van der Waals surface area contributed by atoms with Gasteiger partial charge in [-0.2, -0.15) is 0 Å². The second-order valence-electron chi connectivity index (χ2n) is 4.75. The van der Waals surface area contributed by atoms with Crippen LogP contribution in [0.25, 0.3) is 11.3 Å². The lowest BCUT2D eigenvalue weighted by atomic mass is 10.1. The van der Waals surface area contributed by atoms with Gasteiger partial charge < -0.3 is 10.3 Å². The first-order valence-electron chi connectivity index (χ1n) is 6.55. The molecule has 0 unspecified atom stereocenters. The number of hydrogen-bond donors (Lipinski definition) is 2. The summed E-state index contributed by atoms with van der Waals surface area (Å²) in [5.41, 5.74) is 1.31. The van der Waals surface area contributed by atoms with E-state index in [-0.39, 0.29) is 5.82 Å². The Hall–Kier alpha value is -1.72. The Labute approximate surface area is 111 Å². The number of imidazole rings is 1. The molecule has 0 atom stereocenters. The molecule has 0 bridgehead atoms. The van der Waals surface area contributed by atoms with E-state index in [1.165, 1.54) is 6.07 Å². The van der Waals surface area contributed by atoms with Crippen LogP contribution in [0.4, 0.5) is 4.39 Å². The van der Waals surface area contributed by atoms with Gasteiger partial charge >= 0.3 is 0 Å². The molecule has 0 radical (unpaired) electrons. The zero-order chi connectivity index (χ0) is 13.1. The first-order valence-corrected chi connectivity index (χ1v) is 6.55. The van der Waals surface area contributed by atoms with Crippen molar-refractivity contribution in [3.8, 4) is 11.3 Å². The Bertz CT molecular complexity index is 546. The Kier molecular flexibility index (Phi) is 3.57. The van der Waals surface area contributed by atoms with Gasteiger partial charge in [-0.05, 0) is 12.1 Å². The van der Waals surface area contributed by atoms with Crippen LogP contribution in [-0.2, 0) is 6.54 Å².